The fraction of sp³-hybridized carbons (Fsp3) is 0.391. The highest BCUT2D eigenvalue weighted by Gasteiger charge is 2.22. The minimum Gasteiger partial charge on any atom is -0.468 e. The lowest BCUT2D eigenvalue weighted by atomic mass is 10.1. The molecule has 0 aliphatic rings. The number of hydrogen-bond acceptors (Lipinski definition) is 6. The minimum absolute atomic E-state index is 0.0865. The summed E-state index contributed by atoms with van der Waals surface area (Å²) in [5.74, 6) is 1.56. The molecule has 0 aliphatic heterocycles. The molecule has 162 valence electrons. The number of aromatic nitrogens is 5. The molecule has 0 spiro atoms. The van der Waals surface area contributed by atoms with Gasteiger partial charge in [-0.25, -0.2) is 4.68 Å². The molecule has 3 heterocycles. The Morgan fingerprint density at radius 3 is 2.68 bits per heavy atom. The van der Waals surface area contributed by atoms with Crippen molar-refractivity contribution in [1.82, 2.24) is 30.1 Å². The van der Waals surface area contributed by atoms with Crippen molar-refractivity contribution in [1.29, 1.82) is 0 Å². The number of tetrazole rings is 1. The maximum Gasteiger partial charge on any atom is 0.252 e. The zero-order chi connectivity index (χ0) is 22.0. The second-order valence-corrected chi connectivity index (χ2v) is 8.80. The van der Waals surface area contributed by atoms with Gasteiger partial charge in [-0.1, -0.05) is 13.0 Å². The summed E-state index contributed by atoms with van der Waals surface area (Å²) in [6, 6.07) is 11.9. The van der Waals surface area contributed by atoms with E-state index in [9.17, 15) is 4.79 Å². The number of aryl methyl sites for hydroxylation is 1. The molecule has 31 heavy (non-hydrogen) atoms. The standard InChI is InChI=1S/C23H28N6O2/c1-5-16-8-9-20-17(11-16)12-18(22(30)24-20)13-28(14-19-7-6-10-31-19)15-21-25-26-27-29(21)23(2,3)4/h6-12H,5,13-15H2,1-4H3,(H,24,30). The molecule has 4 rings (SSSR count). The van der Waals surface area contributed by atoms with E-state index < -0.39 is 0 Å². The molecule has 0 saturated heterocycles. The molecule has 4 aromatic rings. The van der Waals surface area contributed by atoms with Gasteiger partial charge in [-0.15, -0.1) is 5.10 Å². The third-order valence-corrected chi connectivity index (χ3v) is 5.28. The van der Waals surface area contributed by atoms with Gasteiger partial charge in [0.15, 0.2) is 5.82 Å². The van der Waals surface area contributed by atoms with Gasteiger partial charge in [-0.3, -0.25) is 9.69 Å². The highest BCUT2D eigenvalue weighted by molar-refractivity contribution is 5.79. The number of furan rings is 1. The Balaban J connectivity index is 1.67. The van der Waals surface area contributed by atoms with E-state index in [1.54, 1.807) is 6.26 Å². The molecule has 0 radical (unpaired) electrons. The average Bonchev–Trinajstić information content (AvgIpc) is 3.40. The van der Waals surface area contributed by atoms with Crippen LogP contribution in [0.4, 0.5) is 0 Å². The van der Waals surface area contributed by atoms with Crippen molar-refractivity contribution in [2.24, 2.45) is 0 Å². The Kier molecular flexibility index (Phi) is 5.73. The lowest BCUT2D eigenvalue weighted by Gasteiger charge is -2.24. The van der Waals surface area contributed by atoms with Crippen LogP contribution in [0.25, 0.3) is 10.9 Å². The van der Waals surface area contributed by atoms with Gasteiger partial charge >= 0.3 is 0 Å². The molecule has 8 heteroatoms. The molecule has 8 nitrogen and oxygen atoms in total. The van der Waals surface area contributed by atoms with E-state index >= 15 is 0 Å². The number of rotatable bonds is 7. The molecule has 0 bridgehead atoms. The molecule has 0 atom stereocenters. The Morgan fingerprint density at radius 1 is 1.13 bits per heavy atom. The van der Waals surface area contributed by atoms with E-state index in [0.29, 0.717) is 25.2 Å². The van der Waals surface area contributed by atoms with Gasteiger partial charge < -0.3 is 9.40 Å². The number of aromatic amines is 1. The van der Waals surface area contributed by atoms with Gasteiger partial charge in [0, 0.05) is 17.6 Å². The van der Waals surface area contributed by atoms with Gasteiger partial charge in [0.05, 0.1) is 24.9 Å². The van der Waals surface area contributed by atoms with Gasteiger partial charge in [0.2, 0.25) is 0 Å². The first-order chi connectivity index (χ1) is 14.8. The van der Waals surface area contributed by atoms with E-state index in [1.165, 1.54) is 5.56 Å². The first-order valence-electron chi connectivity index (χ1n) is 10.5. The predicted octanol–water partition coefficient (Wildman–Crippen LogP) is 3.63. The topological polar surface area (TPSA) is 92.8 Å². The summed E-state index contributed by atoms with van der Waals surface area (Å²) in [6.45, 7) is 9.76. The summed E-state index contributed by atoms with van der Waals surface area (Å²) in [4.78, 5) is 17.9. The summed E-state index contributed by atoms with van der Waals surface area (Å²) in [5, 5.41) is 13.3. The molecule has 1 aromatic carbocycles. The van der Waals surface area contributed by atoms with Crippen LogP contribution in [0.3, 0.4) is 0 Å². The number of benzene rings is 1. The normalized spacial score (nSPS) is 12.2. The lowest BCUT2D eigenvalue weighted by Crippen LogP contribution is -2.31. The smallest absolute Gasteiger partial charge is 0.252 e. The summed E-state index contributed by atoms with van der Waals surface area (Å²) in [7, 11) is 0. The Hall–Kier alpha value is -3.26. The van der Waals surface area contributed by atoms with Crippen molar-refractivity contribution >= 4 is 10.9 Å². The molecular weight excluding hydrogens is 392 g/mol. The third-order valence-electron chi connectivity index (χ3n) is 5.28. The number of fused-ring (bicyclic) bond motifs is 1. The number of nitrogens with one attached hydrogen (secondary N) is 1. The van der Waals surface area contributed by atoms with Crippen molar-refractivity contribution in [2.75, 3.05) is 0 Å². The summed E-state index contributed by atoms with van der Waals surface area (Å²) in [6.07, 6.45) is 2.60. The Labute approximate surface area is 180 Å². The Morgan fingerprint density at radius 2 is 1.97 bits per heavy atom. The second-order valence-electron chi connectivity index (χ2n) is 8.80. The fourth-order valence-electron chi connectivity index (χ4n) is 3.70. The van der Waals surface area contributed by atoms with Crippen molar-refractivity contribution < 1.29 is 4.42 Å². The van der Waals surface area contributed by atoms with E-state index in [1.807, 2.05) is 35.0 Å². The van der Waals surface area contributed by atoms with Crippen molar-refractivity contribution in [2.45, 2.75) is 59.3 Å². The number of H-pyrrole nitrogens is 1. The molecule has 0 amide bonds. The first-order valence-corrected chi connectivity index (χ1v) is 10.5. The van der Waals surface area contributed by atoms with Crippen LogP contribution in [0.5, 0.6) is 0 Å². The van der Waals surface area contributed by atoms with E-state index in [2.05, 4.69) is 59.2 Å². The first kappa shape index (κ1) is 21.0. The maximum atomic E-state index is 12.8. The average molecular weight is 421 g/mol. The number of hydrogen-bond donors (Lipinski definition) is 1. The fourth-order valence-corrected chi connectivity index (χ4v) is 3.70. The quantitative estimate of drug-likeness (QED) is 0.491. The zero-order valence-electron chi connectivity index (χ0n) is 18.4. The monoisotopic (exact) mass is 420 g/mol. The summed E-state index contributed by atoms with van der Waals surface area (Å²) < 4.78 is 7.38. The van der Waals surface area contributed by atoms with Gasteiger partial charge in [0.1, 0.15) is 5.76 Å². The van der Waals surface area contributed by atoms with Crippen LogP contribution in [0.2, 0.25) is 0 Å². The predicted molar refractivity (Wildman–Crippen MR) is 118 cm³/mol. The molecule has 0 saturated carbocycles. The lowest BCUT2D eigenvalue weighted by molar-refractivity contribution is 0.207. The van der Waals surface area contributed by atoms with Crippen molar-refractivity contribution in [3.8, 4) is 0 Å². The third kappa shape index (κ3) is 4.74. The highest BCUT2D eigenvalue weighted by Crippen LogP contribution is 2.19. The molecular formula is C23H28N6O2. The Bertz CT molecular complexity index is 1220. The van der Waals surface area contributed by atoms with Crippen molar-refractivity contribution in [3.63, 3.8) is 0 Å². The van der Waals surface area contributed by atoms with Gasteiger partial charge in [-0.2, -0.15) is 0 Å². The minimum atomic E-state index is -0.244. The SMILES string of the molecule is CCc1ccc2[nH]c(=O)c(CN(Cc3ccco3)Cc3nnnn3C(C)(C)C)cc2c1. The molecule has 0 fully saturated rings. The van der Waals surface area contributed by atoms with Gasteiger partial charge in [0.25, 0.3) is 5.56 Å². The maximum absolute atomic E-state index is 12.8. The molecule has 0 unspecified atom stereocenters. The van der Waals surface area contributed by atoms with Crippen molar-refractivity contribution in [3.05, 3.63) is 75.7 Å². The molecule has 0 aliphatic carbocycles. The van der Waals surface area contributed by atoms with Crippen LogP contribution in [-0.4, -0.2) is 30.1 Å². The van der Waals surface area contributed by atoms with Crippen LogP contribution in [-0.2, 0) is 31.6 Å². The highest BCUT2D eigenvalue weighted by atomic mass is 16.3. The van der Waals surface area contributed by atoms with Crippen LogP contribution in [0.15, 0.2) is 51.9 Å². The zero-order valence-corrected chi connectivity index (χ0v) is 18.4. The molecule has 1 N–H and O–H groups in total. The summed E-state index contributed by atoms with van der Waals surface area (Å²) >= 11 is 0. The van der Waals surface area contributed by atoms with E-state index in [-0.39, 0.29) is 11.1 Å². The largest absolute Gasteiger partial charge is 0.468 e. The van der Waals surface area contributed by atoms with Crippen LogP contribution in [0.1, 0.15) is 50.4 Å². The van der Waals surface area contributed by atoms with Crippen LogP contribution in [0, 0.1) is 0 Å². The molecule has 3 aromatic heterocycles. The van der Waals surface area contributed by atoms with Crippen LogP contribution >= 0.6 is 0 Å². The summed E-state index contributed by atoms with van der Waals surface area (Å²) in [5.41, 5.74) is 2.45. The second kappa shape index (κ2) is 8.47. The van der Waals surface area contributed by atoms with E-state index in [4.69, 9.17) is 4.42 Å². The van der Waals surface area contributed by atoms with Crippen LogP contribution < -0.4 is 5.56 Å². The number of nitrogens with zero attached hydrogens (tertiary/aromatic N) is 5. The van der Waals surface area contributed by atoms with E-state index in [0.717, 1.165) is 28.9 Å². The van der Waals surface area contributed by atoms with Gasteiger partial charge in [-0.05, 0) is 78.9 Å². The number of pyridine rings is 1.